The van der Waals surface area contributed by atoms with Crippen molar-refractivity contribution in [2.75, 3.05) is 11.4 Å². The molecule has 1 N–H and O–H groups in total. The number of aliphatic carboxylic acids is 1. The highest BCUT2D eigenvalue weighted by molar-refractivity contribution is 6.30. The number of rotatable bonds is 3. The summed E-state index contributed by atoms with van der Waals surface area (Å²) in [6.07, 6.45) is 1.71. The lowest BCUT2D eigenvalue weighted by atomic mass is 10.0. The molecule has 0 saturated carbocycles. The number of carbonyl (C=O) groups excluding carboxylic acids is 1. The van der Waals surface area contributed by atoms with Crippen LogP contribution in [0.5, 0.6) is 5.75 Å². The van der Waals surface area contributed by atoms with Gasteiger partial charge in [-0.25, -0.2) is 4.79 Å². The van der Waals surface area contributed by atoms with Crippen molar-refractivity contribution in [3.63, 3.8) is 0 Å². The van der Waals surface area contributed by atoms with E-state index in [1.54, 1.807) is 18.2 Å². The number of carboxylic acids is 1. The first-order valence-electron chi connectivity index (χ1n) is 6.57. The molecular weight excluding hydrogens is 294 g/mol. The number of halogens is 1. The number of fused-ring (bicyclic) bond motifs is 1. The first-order valence-corrected chi connectivity index (χ1v) is 6.95. The zero-order valence-electron chi connectivity index (χ0n) is 11.7. The molecule has 1 atom stereocenters. The van der Waals surface area contributed by atoms with Crippen LogP contribution < -0.4 is 9.64 Å². The molecule has 1 unspecified atom stereocenters. The Morgan fingerprint density at radius 2 is 2.14 bits per heavy atom. The summed E-state index contributed by atoms with van der Waals surface area (Å²) in [5.41, 5.74) is 0.594. The highest BCUT2D eigenvalue weighted by Gasteiger charge is 2.30. The molecule has 1 heterocycles. The van der Waals surface area contributed by atoms with Crippen LogP contribution in [0.4, 0.5) is 5.69 Å². The van der Waals surface area contributed by atoms with E-state index in [9.17, 15) is 9.59 Å². The van der Waals surface area contributed by atoms with Gasteiger partial charge in [-0.15, -0.1) is 0 Å². The lowest BCUT2D eigenvalue weighted by Crippen LogP contribution is -2.45. The molecule has 6 heteroatoms. The Morgan fingerprint density at radius 1 is 1.43 bits per heavy atom. The summed E-state index contributed by atoms with van der Waals surface area (Å²) in [6.45, 7) is 4.36. The summed E-state index contributed by atoms with van der Waals surface area (Å²) in [5, 5.41) is 9.15. The molecule has 112 valence electrons. The molecule has 21 heavy (non-hydrogen) atoms. The van der Waals surface area contributed by atoms with E-state index >= 15 is 0 Å². The molecule has 0 radical (unpaired) electrons. The SMILES string of the molecule is CC(C)C1CN(C(=O)/C=C/C(=O)O)c2ccc(Cl)cc2O1. The summed E-state index contributed by atoms with van der Waals surface area (Å²) in [4.78, 5) is 24.3. The molecule has 5 nitrogen and oxygen atoms in total. The van der Waals surface area contributed by atoms with Crippen LogP contribution in [0.1, 0.15) is 13.8 Å². The predicted molar refractivity (Wildman–Crippen MR) is 79.8 cm³/mol. The Balaban J connectivity index is 2.36. The van der Waals surface area contributed by atoms with E-state index in [1.807, 2.05) is 13.8 Å². The van der Waals surface area contributed by atoms with E-state index in [-0.39, 0.29) is 12.0 Å². The molecule has 1 amide bonds. The number of carboxylic acid groups (broad SMARTS) is 1. The predicted octanol–water partition coefficient (Wildman–Crippen LogP) is 2.73. The van der Waals surface area contributed by atoms with Gasteiger partial charge in [0.05, 0.1) is 12.2 Å². The minimum absolute atomic E-state index is 0.168. The van der Waals surface area contributed by atoms with Crippen molar-refractivity contribution < 1.29 is 19.4 Å². The van der Waals surface area contributed by atoms with E-state index in [0.717, 1.165) is 12.2 Å². The fraction of sp³-hybridized carbons (Fsp3) is 0.333. The molecule has 0 aliphatic carbocycles. The van der Waals surface area contributed by atoms with Gasteiger partial charge in [-0.05, 0) is 18.1 Å². The Labute approximate surface area is 127 Å². The average molecular weight is 310 g/mol. The van der Waals surface area contributed by atoms with Crippen molar-refractivity contribution in [1.82, 2.24) is 0 Å². The largest absolute Gasteiger partial charge is 0.486 e. The van der Waals surface area contributed by atoms with Gasteiger partial charge in [0, 0.05) is 23.2 Å². The topological polar surface area (TPSA) is 66.8 Å². The third kappa shape index (κ3) is 3.55. The van der Waals surface area contributed by atoms with Crippen molar-refractivity contribution in [1.29, 1.82) is 0 Å². The third-order valence-corrected chi connectivity index (χ3v) is 3.47. The summed E-state index contributed by atoms with van der Waals surface area (Å²) in [5.74, 6) is -0.816. The zero-order valence-corrected chi connectivity index (χ0v) is 12.5. The summed E-state index contributed by atoms with van der Waals surface area (Å²) < 4.78 is 5.86. The van der Waals surface area contributed by atoms with Crippen LogP contribution in [0.15, 0.2) is 30.4 Å². The number of anilines is 1. The second-order valence-electron chi connectivity index (χ2n) is 5.13. The number of hydrogen-bond acceptors (Lipinski definition) is 3. The number of benzene rings is 1. The van der Waals surface area contributed by atoms with Crippen LogP contribution in [0, 0.1) is 5.92 Å². The smallest absolute Gasteiger partial charge is 0.328 e. The van der Waals surface area contributed by atoms with Crippen molar-refractivity contribution in [2.24, 2.45) is 5.92 Å². The van der Waals surface area contributed by atoms with Crippen molar-refractivity contribution in [3.8, 4) is 5.75 Å². The molecule has 2 rings (SSSR count). The number of hydrogen-bond donors (Lipinski definition) is 1. The van der Waals surface area contributed by atoms with Gasteiger partial charge >= 0.3 is 5.97 Å². The summed E-state index contributed by atoms with van der Waals surface area (Å²) >= 11 is 5.96. The number of ether oxygens (including phenoxy) is 1. The Kier molecular flexibility index (Phi) is 4.53. The van der Waals surface area contributed by atoms with Crippen LogP contribution in [-0.2, 0) is 9.59 Å². The molecule has 0 bridgehead atoms. The molecule has 1 aromatic carbocycles. The van der Waals surface area contributed by atoms with Gasteiger partial charge in [-0.3, -0.25) is 4.79 Å². The maximum Gasteiger partial charge on any atom is 0.328 e. The van der Waals surface area contributed by atoms with Gasteiger partial charge in [-0.1, -0.05) is 25.4 Å². The normalized spacial score (nSPS) is 17.7. The van der Waals surface area contributed by atoms with E-state index in [0.29, 0.717) is 23.0 Å². The van der Waals surface area contributed by atoms with Gasteiger partial charge < -0.3 is 14.7 Å². The van der Waals surface area contributed by atoms with E-state index in [4.69, 9.17) is 21.4 Å². The second kappa shape index (κ2) is 6.18. The van der Waals surface area contributed by atoms with Crippen LogP contribution in [0.2, 0.25) is 5.02 Å². The van der Waals surface area contributed by atoms with Crippen molar-refractivity contribution in [3.05, 3.63) is 35.4 Å². The average Bonchev–Trinajstić information content (AvgIpc) is 2.42. The molecule has 0 aromatic heterocycles. The van der Waals surface area contributed by atoms with Gasteiger partial charge in [0.25, 0.3) is 5.91 Å². The Bertz CT molecular complexity index is 597. The second-order valence-corrected chi connectivity index (χ2v) is 5.57. The first kappa shape index (κ1) is 15.4. The number of amides is 1. The van der Waals surface area contributed by atoms with E-state index in [1.165, 1.54) is 4.90 Å². The van der Waals surface area contributed by atoms with Crippen LogP contribution >= 0.6 is 11.6 Å². The standard InChI is InChI=1S/C15H16ClNO4/c1-9(2)13-8-17(14(18)5-6-15(19)20)11-4-3-10(16)7-12(11)21-13/h3-7,9,13H,8H2,1-2H3,(H,19,20)/b6-5+. The molecule has 1 aromatic rings. The maximum atomic E-state index is 12.2. The minimum Gasteiger partial charge on any atom is -0.486 e. The highest BCUT2D eigenvalue weighted by Crippen LogP contribution is 2.37. The molecule has 0 fully saturated rings. The van der Waals surface area contributed by atoms with Gasteiger partial charge in [-0.2, -0.15) is 0 Å². The molecule has 1 aliphatic heterocycles. The van der Waals surface area contributed by atoms with Gasteiger partial charge in [0.15, 0.2) is 0 Å². The maximum absolute atomic E-state index is 12.2. The van der Waals surface area contributed by atoms with Gasteiger partial charge in [0.1, 0.15) is 11.9 Å². The molecule has 1 aliphatic rings. The molecular formula is C15H16ClNO4. The fourth-order valence-corrected chi connectivity index (χ4v) is 2.23. The van der Waals surface area contributed by atoms with Crippen molar-refractivity contribution in [2.45, 2.75) is 20.0 Å². The lowest BCUT2D eigenvalue weighted by molar-refractivity contribution is -0.131. The number of carbonyl (C=O) groups is 2. The van der Waals surface area contributed by atoms with Crippen LogP contribution in [-0.4, -0.2) is 29.6 Å². The van der Waals surface area contributed by atoms with Crippen LogP contribution in [0.25, 0.3) is 0 Å². The van der Waals surface area contributed by atoms with E-state index in [2.05, 4.69) is 0 Å². The lowest BCUT2D eigenvalue weighted by Gasteiger charge is -2.36. The first-order chi connectivity index (χ1) is 9.88. The van der Waals surface area contributed by atoms with Crippen LogP contribution in [0.3, 0.4) is 0 Å². The van der Waals surface area contributed by atoms with Gasteiger partial charge in [0.2, 0.25) is 0 Å². The Hall–Kier alpha value is -2.01. The zero-order chi connectivity index (χ0) is 15.6. The van der Waals surface area contributed by atoms with Crippen molar-refractivity contribution >= 4 is 29.2 Å². The Morgan fingerprint density at radius 3 is 2.76 bits per heavy atom. The van der Waals surface area contributed by atoms with E-state index < -0.39 is 11.9 Å². The monoisotopic (exact) mass is 309 g/mol. The molecule has 0 spiro atoms. The summed E-state index contributed by atoms with van der Waals surface area (Å²) in [6, 6.07) is 5.02. The molecule has 0 saturated heterocycles. The number of nitrogens with zero attached hydrogens (tertiary/aromatic N) is 1. The fourth-order valence-electron chi connectivity index (χ4n) is 2.07. The highest BCUT2D eigenvalue weighted by atomic mass is 35.5. The minimum atomic E-state index is -1.16. The third-order valence-electron chi connectivity index (χ3n) is 3.23. The summed E-state index contributed by atoms with van der Waals surface area (Å²) in [7, 11) is 0. The quantitative estimate of drug-likeness (QED) is 0.872.